The van der Waals surface area contributed by atoms with Crippen molar-refractivity contribution < 1.29 is 13.9 Å². The molecule has 144 valence electrons. The number of nitrogens with zero attached hydrogens (tertiary/aromatic N) is 2. The number of H-pyrrole nitrogens is 1. The maximum Gasteiger partial charge on any atom is 0.260 e. The van der Waals surface area contributed by atoms with Crippen molar-refractivity contribution in [2.45, 2.75) is 11.9 Å². The lowest BCUT2D eigenvalue weighted by atomic mass is 9.94. The van der Waals surface area contributed by atoms with Crippen LogP contribution in [0.4, 0.5) is 4.39 Å². The van der Waals surface area contributed by atoms with E-state index < -0.39 is 11.9 Å². The molecule has 5 rings (SSSR count). The maximum absolute atomic E-state index is 15.8. The van der Waals surface area contributed by atoms with Crippen LogP contribution in [0.25, 0.3) is 21.8 Å². The number of alkyl halides is 1. The Hall–Kier alpha value is -3.15. The number of amides is 1. The minimum absolute atomic E-state index is 0.0531. The van der Waals surface area contributed by atoms with Gasteiger partial charge in [0.15, 0.2) is 0 Å². The Morgan fingerprint density at radius 3 is 2.93 bits per heavy atom. The average molecular weight is 453 g/mol. The predicted molar refractivity (Wildman–Crippen MR) is 109 cm³/mol. The summed E-state index contributed by atoms with van der Waals surface area (Å²) >= 11 is 3.36. The minimum Gasteiger partial charge on any atom is -0.360 e. The van der Waals surface area contributed by atoms with E-state index in [1.165, 1.54) is 0 Å². The summed E-state index contributed by atoms with van der Waals surface area (Å²) in [6, 6.07) is 13.6. The van der Waals surface area contributed by atoms with E-state index in [4.69, 9.17) is 4.74 Å². The van der Waals surface area contributed by atoms with E-state index in [-0.39, 0.29) is 18.1 Å². The minimum atomic E-state index is -2.19. The topological polar surface area (TPSA) is 82.8 Å². The quantitative estimate of drug-likeness (QED) is 0.490. The zero-order chi connectivity index (χ0) is 20.2. The van der Waals surface area contributed by atoms with Crippen molar-refractivity contribution in [1.29, 1.82) is 5.26 Å². The van der Waals surface area contributed by atoms with Gasteiger partial charge in [-0.05, 0) is 24.3 Å². The number of hydrogen-bond donors (Lipinski definition) is 2. The van der Waals surface area contributed by atoms with Gasteiger partial charge in [-0.3, -0.25) is 8.39 Å². The van der Waals surface area contributed by atoms with Gasteiger partial charge >= 0.3 is 0 Å². The number of nitrogens with one attached hydrogen (secondary N) is 2. The smallest absolute Gasteiger partial charge is 0.260 e. The van der Waals surface area contributed by atoms with Crippen LogP contribution in [0.2, 0.25) is 0 Å². The molecule has 1 saturated heterocycles. The van der Waals surface area contributed by atoms with Gasteiger partial charge in [0, 0.05) is 34.2 Å². The zero-order valence-electron chi connectivity index (χ0n) is 14.9. The maximum atomic E-state index is 15.8. The van der Waals surface area contributed by atoms with Crippen molar-refractivity contribution in [1.82, 2.24) is 13.9 Å². The number of carbonyl (C=O) groups excluding carboxylic acids is 1. The molecule has 0 aliphatic carbocycles. The summed E-state index contributed by atoms with van der Waals surface area (Å²) in [6.45, 7) is 0.0531. The molecule has 1 aliphatic rings. The third-order valence-electron chi connectivity index (χ3n) is 5.30. The molecule has 2 aromatic heterocycles. The van der Waals surface area contributed by atoms with Gasteiger partial charge in [-0.25, -0.2) is 4.39 Å². The second-order valence-electron chi connectivity index (χ2n) is 6.93. The first-order chi connectivity index (χ1) is 14.0. The summed E-state index contributed by atoms with van der Waals surface area (Å²) in [5.74, 6) is -2.56. The van der Waals surface area contributed by atoms with Crippen LogP contribution in [0.3, 0.4) is 0 Å². The largest absolute Gasteiger partial charge is 0.360 e. The molecule has 2 atom stereocenters. The number of hydrogen-bond acceptors (Lipinski definition) is 3. The fourth-order valence-corrected chi connectivity index (χ4v) is 4.25. The highest BCUT2D eigenvalue weighted by atomic mass is 79.9. The zero-order valence-corrected chi connectivity index (χ0v) is 16.5. The first-order valence-corrected chi connectivity index (χ1v) is 9.64. The van der Waals surface area contributed by atoms with Crippen LogP contribution in [0, 0.1) is 11.3 Å². The molecule has 0 saturated carbocycles. The summed E-state index contributed by atoms with van der Waals surface area (Å²) < 4.78 is 22.7. The molecule has 0 bridgehead atoms. The molecule has 8 heteroatoms. The van der Waals surface area contributed by atoms with Crippen LogP contribution in [-0.4, -0.2) is 27.1 Å². The molecule has 2 unspecified atom stereocenters. The SMILES string of the molecule is N#Cc1ccc2c(c1)c(C1(F)OCC1NC(=O)c1c[nH]c3ccccc13)cn2Br. The first-order valence-electron chi connectivity index (χ1n) is 8.93. The summed E-state index contributed by atoms with van der Waals surface area (Å²) in [5, 5.41) is 13.3. The standard InChI is InChI=1S/C21H14BrFN4O2/c22-27-10-16(14-7-12(8-24)5-6-18(14)27)21(23)19(11-29-21)26-20(28)15-9-25-17-4-2-1-3-13(15)17/h1-7,9-10,19,25H,11H2,(H,26,28). The highest BCUT2D eigenvalue weighted by Gasteiger charge is 2.53. The van der Waals surface area contributed by atoms with E-state index in [9.17, 15) is 10.1 Å². The number of rotatable bonds is 3. The molecule has 0 radical (unpaired) electrons. The molecule has 3 heterocycles. The fraction of sp³-hybridized carbons (Fsp3) is 0.143. The number of aromatic amines is 1. The number of ether oxygens (including phenoxy) is 1. The number of halogens is 2. The second kappa shape index (κ2) is 6.44. The molecule has 1 aliphatic heterocycles. The van der Waals surface area contributed by atoms with Crippen molar-refractivity contribution in [2.24, 2.45) is 0 Å². The highest BCUT2D eigenvalue weighted by molar-refractivity contribution is 9.08. The molecule has 1 fully saturated rings. The number of carbonyl (C=O) groups is 1. The van der Waals surface area contributed by atoms with E-state index in [2.05, 4.69) is 32.5 Å². The molecule has 29 heavy (non-hydrogen) atoms. The Labute approximate surface area is 173 Å². The number of nitriles is 1. The molecule has 6 nitrogen and oxygen atoms in total. The van der Waals surface area contributed by atoms with Crippen molar-refractivity contribution in [3.63, 3.8) is 0 Å². The number of aromatic nitrogens is 2. The van der Waals surface area contributed by atoms with Gasteiger partial charge < -0.3 is 15.0 Å². The lowest BCUT2D eigenvalue weighted by Crippen LogP contribution is -2.61. The van der Waals surface area contributed by atoms with Gasteiger partial charge in [-0.15, -0.1) is 0 Å². The van der Waals surface area contributed by atoms with Crippen molar-refractivity contribution in [2.75, 3.05) is 6.61 Å². The van der Waals surface area contributed by atoms with Gasteiger partial charge in [0.05, 0.1) is 45.5 Å². The Morgan fingerprint density at radius 2 is 2.17 bits per heavy atom. The summed E-state index contributed by atoms with van der Waals surface area (Å²) in [6.07, 6.45) is 3.18. The van der Waals surface area contributed by atoms with Gasteiger partial charge in [-0.2, -0.15) is 5.26 Å². The van der Waals surface area contributed by atoms with Crippen molar-refractivity contribution in [3.8, 4) is 6.07 Å². The summed E-state index contributed by atoms with van der Waals surface area (Å²) in [5.41, 5.74) is 2.66. The highest BCUT2D eigenvalue weighted by Crippen LogP contribution is 2.44. The molecule has 2 aromatic carbocycles. The summed E-state index contributed by atoms with van der Waals surface area (Å²) in [4.78, 5) is 15.8. The lowest BCUT2D eigenvalue weighted by molar-refractivity contribution is -0.263. The van der Waals surface area contributed by atoms with Crippen LogP contribution < -0.4 is 5.32 Å². The van der Waals surface area contributed by atoms with E-state index in [1.807, 2.05) is 24.3 Å². The Kier molecular flexibility index (Phi) is 3.98. The van der Waals surface area contributed by atoms with E-state index in [1.54, 1.807) is 34.2 Å². The third kappa shape index (κ3) is 2.66. The average Bonchev–Trinajstić information content (AvgIpc) is 3.31. The number of benzene rings is 2. The van der Waals surface area contributed by atoms with E-state index >= 15 is 4.39 Å². The van der Waals surface area contributed by atoms with E-state index in [0.717, 1.165) is 10.9 Å². The van der Waals surface area contributed by atoms with Crippen LogP contribution in [0.15, 0.2) is 54.9 Å². The van der Waals surface area contributed by atoms with Gasteiger partial charge in [-0.1, -0.05) is 18.2 Å². The molecule has 2 N–H and O–H groups in total. The van der Waals surface area contributed by atoms with Crippen molar-refractivity contribution >= 4 is 43.9 Å². The predicted octanol–water partition coefficient (Wildman–Crippen LogP) is 4.10. The van der Waals surface area contributed by atoms with E-state index in [0.29, 0.717) is 22.0 Å². The fourth-order valence-electron chi connectivity index (χ4n) is 3.74. The van der Waals surface area contributed by atoms with Gasteiger partial charge in [0.25, 0.3) is 11.8 Å². The number of para-hydroxylation sites is 1. The molecule has 1 amide bonds. The molecule has 0 spiro atoms. The molecular formula is C21H14BrFN4O2. The Morgan fingerprint density at radius 1 is 1.34 bits per heavy atom. The second-order valence-corrected chi connectivity index (χ2v) is 7.69. The monoisotopic (exact) mass is 452 g/mol. The van der Waals surface area contributed by atoms with Gasteiger partial charge in [0.1, 0.15) is 6.04 Å². The van der Waals surface area contributed by atoms with Crippen LogP contribution in [0.1, 0.15) is 21.5 Å². The first kappa shape index (κ1) is 17.9. The molecular weight excluding hydrogens is 439 g/mol. The Balaban J connectivity index is 1.49. The van der Waals surface area contributed by atoms with Gasteiger partial charge in [0.2, 0.25) is 0 Å². The third-order valence-corrected chi connectivity index (χ3v) is 5.89. The summed E-state index contributed by atoms with van der Waals surface area (Å²) in [7, 11) is 0. The van der Waals surface area contributed by atoms with Crippen LogP contribution >= 0.6 is 16.1 Å². The number of fused-ring (bicyclic) bond motifs is 2. The lowest BCUT2D eigenvalue weighted by Gasteiger charge is -2.42. The van der Waals surface area contributed by atoms with Crippen LogP contribution in [-0.2, 0) is 10.6 Å². The Bertz CT molecular complexity index is 1320. The normalized spacial score (nSPS) is 21.1. The van der Waals surface area contributed by atoms with Crippen LogP contribution in [0.5, 0.6) is 0 Å². The van der Waals surface area contributed by atoms with Crippen molar-refractivity contribution in [3.05, 3.63) is 71.5 Å². The molecule has 4 aromatic rings.